The van der Waals surface area contributed by atoms with Gasteiger partial charge >= 0.3 is 0 Å². The van der Waals surface area contributed by atoms with Crippen molar-refractivity contribution in [3.05, 3.63) is 27.7 Å². The first kappa shape index (κ1) is 14.1. The van der Waals surface area contributed by atoms with Crippen LogP contribution in [0.3, 0.4) is 0 Å². The fraction of sp³-hybridized carbons (Fsp3) is 0.467. The Labute approximate surface area is 131 Å². The first-order valence-electron chi connectivity index (χ1n) is 6.82. The van der Waals surface area contributed by atoms with Gasteiger partial charge in [0.25, 0.3) is 0 Å². The number of halogens is 2. The highest BCUT2D eigenvalue weighted by Crippen LogP contribution is 2.47. The lowest BCUT2D eigenvalue weighted by molar-refractivity contribution is -0.133. The lowest BCUT2D eigenvalue weighted by atomic mass is 9.76. The number of anilines is 1. The third kappa shape index (κ3) is 2.40. The molecule has 0 radical (unpaired) electrons. The van der Waals surface area contributed by atoms with Crippen LogP contribution in [0.15, 0.2) is 22.7 Å². The average molecular weight is 357 g/mol. The predicted octanol–water partition coefficient (Wildman–Crippen LogP) is 4.32. The molecule has 2 fully saturated rings. The van der Waals surface area contributed by atoms with Gasteiger partial charge in [0.2, 0.25) is 11.8 Å². The molecule has 1 aliphatic heterocycles. The lowest BCUT2D eigenvalue weighted by Gasteiger charge is -2.37. The fourth-order valence-electron chi connectivity index (χ4n) is 3.39. The summed E-state index contributed by atoms with van der Waals surface area (Å²) in [4.78, 5) is 26.1. The van der Waals surface area contributed by atoms with Crippen molar-refractivity contribution in [3.8, 4) is 0 Å². The van der Waals surface area contributed by atoms with Crippen molar-refractivity contribution in [1.82, 2.24) is 0 Å². The van der Waals surface area contributed by atoms with Crippen molar-refractivity contribution in [1.29, 1.82) is 0 Å². The molecule has 1 saturated carbocycles. The molecule has 0 bridgehead atoms. The van der Waals surface area contributed by atoms with Gasteiger partial charge in [-0.15, -0.1) is 0 Å². The third-order valence-electron chi connectivity index (χ3n) is 4.38. The van der Waals surface area contributed by atoms with E-state index in [1.807, 2.05) is 0 Å². The zero-order valence-electron chi connectivity index (χ0n) is 11.0. The molecular weight excluding hydrogens is 342 g/mol. The first-order valence-corrected chi connectivity index (χ1v) is 7.99. The number of carbonyl (C=O) groups is 2. The summed E-state index contributed by atoms with van der Waals surface area (Å²) in [6.07, 6.45) is 5.24. The highest BCUT2D eigenvalue weighted by Gasteiger charge is 2.45. The molecule has 0 atom stereocenters. The average Bonchev–Trinajstić information content (AvgIpc) is 2.80. The van der Waals surface area contributed by atoms with E-state index < -0.39 is 0 Å². The van der Waals surface area contributed by atoms with E-state index in [1.54, 1.807) is 18.2 Å². The van der Waals surface area contributed by atoms with Gasteiger partial charge in [-0.05, 0) is 52.4 Å². The van der Waals surface area contributed by atoms with Gasteiger partial charge in [0.05, 0.1) is 10.7 Å². The Kier molecular flexibility index (Phi) is 3.63. The fourth-order valence-corrected chi connectivity index (χ4v) is 3.88. The summed E-state index contributed by atoms with van der Waals surface area (Å²) >= 11 is 9.29. The van der Waals surface area contributed by atoms with Crippen LogP contribution < -0.4 is 4.90 Å². The minimum Gasteiger partial charge on any atom is -0.274 e. The van der Waals surface area contributed by atoms with Crippen LogP contribution in [0.5, 0.6) is 0 Å². The van der Waals surface area contributed by atoms with E-state index in [4.69, 9.17) is 11.6 Å². The molecule has 1 saturated heterocycles. The van der Waals surface area contributed by atoms with Gasteiger partial charge in [-0.2, -0.15) is 0 Å². The topological polar surface area (TPSA) is 37.4 Å². The van der Waals surface area contributed by atoms with Crippen LogP contribution in [0.4, 0.5) is 5.69 Å². The number of imide groups is 1. The minimum absolute atomic E-state index is 0.0612. The van der Waals surface area contributed by atoms with E-state index in [2.05, 4.69) is 15.9 Å². The third-order valence-corrected chi connectivity index (χ3v) is 5.59. The van der Waals surface area contributed by atoms with E-state index in [-0.39, 0.29) is 17.2 Å². The predicted molar refractivity (Wildman–Crippen MR) is 81.8 cm³/mol. The second kappa shape index (κ2) is 5.15. The number of hydrogen-bond acceptors (Lipinski definition) is 2. The van der Waals surface area contributed by atoms with E-state index >= 15 is 0 Å². The number of nitrogens with zero attached hydrogens (tertiary/aromatic N) is 1. The van der Waals surface area contributed by atoms with Crippen molar-refractivity contribution in [2.75, 3.05) is 4.90 Å². The van der Waals surface area contributed by atoms with Gasteiger partial charge in [-0.25, -0.2) is 0 Å². The Morgan fingerprint density at radius 1 is 1.10 bits per heavy atom. The lowest BCUT2D eigenvalue weighted by Crippen LogP contribution is -2.47. The second-order valence-electron chi connectivity index (χ2n) is 5.78. The van der Waals surface area contributed by atoms with Gasteiger partial charge in [0.1, 0.15) is 0 Å². The Morgan fingerprint density at radius 2 is 1.70 bits per heavy atom. The van der Waals surface area contributed by atoms with Gasteiger partial charge in [0.15, 0.2) is 0 Å². The highest BCUT2D eigenvalue weighted by molar-refractivity contribution is 9.10. The largest absolute Gasteiger partial charge is 0.274 e. The van der Waals surface area contributed by atoms with E-state index in [1.165, 1.54) is 4.90 Å². The molecule has 2 amide bonds. The molecular formula is C15H15BrClNO2. The van der Waals surface area contributed by atoms with Crippen LogP contribution in [0.1, 0.15) is 38.5 Å². The van der Waals surface area contributed by atoms with E-state index in [0.29, 0.717) is 28.0 Å². The van der Waals surface area contributed by atoms with Gasteiger partial charge < -0.3 is 0 Å². The molecule has 1 heterocycles. The molecule has 1 aromatic rings. The number of hydrogen-bond donors (Lipinski definition) is 0. The summed E-state index contributed by atoms with van der Waals surface area (Å²) in [7, 11) is 0. The maximum absolute atomic E-state index is 12.4. The second-order valence-corrected chi connectivity index (χ2v) is 7.04. The van der Waals surface area contributed by atoms with Crippen LogP contribution in [0.25, 0.3) is 0 Å². The minimum atomic E-state index is -0.0858. The maximum Gasteiger partial charge on any atom is 0.234 e. The smallest absolute Gasteiger partial charge is 0.234 e. The molecule has 0 N–H and O–H groups in total. The SMILES string of the molecule is O=C1CC2(CCCC2)CC(=O)N1c1ccc(Cl)c(Br)c1. The standard InChI is InChI=1S/C15H15BrClNO2/c16-11-7-10(3-4-12(11)17)18-13(19)8-15(9-14(18)20)5-1-2-6-15/h3-4,7H,1-2,5-6,8-9H2. The molecule has 0 aromatic heterocycles. The van der Waals surface area contributed by atoms with Crippen molar-refractivity contribution < 1.29 is 9.59 Å². The quantitative estimate of drug-likeness (QED) is 0.703. The van der Waals surface area contributed by atoms with Crippen LogP contribution in [0, 0.1) is 5.41 Å². The Morgan fingerprint density at radius 3 is 2.25 bits per heavy atom. The molecule has 1 spiro atoms. The molecule has 2 aliphatic rings. The normalized spacial score (nSPS) is 21.8. The van der Waals surface area contributed by atoms with Crippen molar-refractivity contribution in [2.45, 2.75) is 38.5 Å². The highest BCUT2D eigenvalue weighted by atomic mass is 79.9. The number of rotatable bonds is 1. The number of amides is 2. The summed E-state index contributed by atoms with van der Waals surface area (Å²) in [5.41, 5.74) is 0.540. The Balaban J connectivity index is 1.89. The van der Waals surface area contributed by atoms with Gasteiger partial charge in [0, 0.05) is 17.3 Å². The summed E-state index contributed by atoms with van der Waals surface area (Å²) < 4.78 is 0.693. The van der Waals surface area contributed by atoms with Crippen LogP contribution >= 0.6 is 27.5 Å². The maximum atomic E-state index is 12.4. The molecule has 0 unspecified atom stereocenters. The molecule has 1 aliphatic carbocycles. The number of benzene rings is 1. The van der Waals surface area contributed by atoms with E-state index in [9.17, 15) is 9.59 Å². The number of carbonyl (C=O) groups excluding carboxylic acids is 2. The van der Waals surface area contributed by atoms with Crippen molar-refractivity contribution in [3.63, 3.8) is 0 Å². The molecule has 3 rings (SSSR count). The summed E-state index contributed by atoms with van der Waals surface area (Å²) in [5, 5.41) is 0.568. The zero-order valence-corrected chi connectivity index (χ0v) is 13.3. The molecule has 20 heavy (non-hydrogen) atoms. The monoisotopic (exact) mass is 355 g/mol. The van der Waals surface area contributed by atoms with Crippen LogP contribution in [-0.2, 0) is 9.59 Å². The van der Waals surface area contributed by atoms with Gasteiger partial charge in [-0.3, -0.25) is 14.5 Å². The van der Waals surface area contributed by atoms with Gasteiger partial charge in [-0.1, -0.05) is 24.4 Å². The summed E-state index contributed by atoms with van der Waals surface area (Å²) in [6, 6.07) is 5.14. The Bertz CT molecular complexity index is 561. The number of piperidine rings is 1. The van der Waals surface area contributed by atoms with E-state index in [0.717, 1.165) is 25.7 Å². The summed E-state index contributed by atoms with van der Waals surface area (Å²) in [6.45, 7) is 0. The van der Waals surface area contributed by atoms with Crippen LogP contribution in [-0.4, -0.2) is 11.8 Å². The molecule has 5 heteroatoms. The molecule has 1 aromatic carbocycles. The van der Waals surface area contributed by atoms with Crippen molar-refractivity contribution >= 4 is 45.0 Å². The molecule has 106 valence electrons. The molecule has 3 nitrogen and oxygen atoms in total. The van der Waals surface area contributed by atoms with Crippen LogP contribution in [0.2, 0.25) is 5.02 Å². The zero-order chi connectivity index (χ0) is 14.3. The van der Waals surface area contributed by atoms with Crippen molar-refractivity contribution in [2.24, 2.45) is 5.41 Å². The first-order chi connectivity index (χ1) is 9.51. The summed E-state index contributed by atoms with van der Waals surface area (Å²) in [5.74, 6) is -0.172. The Hall–Kier alpha value is -0.870.